The zero-order valence-electron chi connectivity index (χ0n) is 14.7. The molecule has 0 saturated carbocycles. The molecule has 0 aliphatic heterocycles. The zero-order chi connectivity index (χ0) is 18.5. The van der Waals surface area contributed by atoms with Crippen molar-refractivity contribution in [1.29, 1.82) is 0 Å². The Bertz CT molecular complexity index is 925. The number of H-pyrrole nitrogens is 1. The first-order valence-electron chi connectivity index (χ1n) is 8.35. The van der Waals surface area contributed by atoms with Crippen molar-refractivity contribution in [2.24, 2.45) is 5.10 Å². The summed E-state index contributed by atoms with van der Waals surface area (Å²) in [6.07, 6.45) is 0.642. The number of carbonyl (C=O) groups excluding carboxylic acids is 1. The van der Waals surface area contributed by atoms with Crippen LogP contribution in [0.3, 0.4) is 0 Å². The van der Waals surface area contributed by atoms with Crippen molar-refractivity contribution >= 4 is 11.6 Å². The third-order valence-corrected chi connectivity index (χ3v) is 4.00. The van der Waals surface area contributed by atoms with Crippen LogP contribution >= 0.6 is 0 Å². The van der Waals surface area contributed by atoms with Gasteiger partial charge in [0.25, 0.3) is 5.91 Å². The molecule has 0 unspecified atom stereocenters. The molecule has 0 spiro atoms. The van der Waals surface area contributed by atoms with Crippen LogP contribution in [0.15, 0.2) is 59.7 Å². The molecule has 0 aliphatic rings. The molecule has 1 amide bonds. The highest BCUT2D eigenvalue weighted by atomic mass is 16.3. The topological polar surface area (TPSA) is 90.4 Å². The summed E-state index contributed by atoms with van der Waals surface area (Å²) in [5.41, 5.74) is 7.26. The van der Waals surface area contributed by atoms with Gasteiger partial charge in [0.1, 0.15) is 11.4 Å². The van der Waals surface area contributed by atoms with E-state index < -0.39 is 0 Å². The standard InChI is InChI=1S/C20H20N4O2/c1-3-17(14-8-10-16(25)11-9-14)21-24-20(26)19-12-18(22-23-19)15-6-4-13(2)5-7-15/h4-12,25H,3H2,1-2H3,(H,22,23)(H,24,26). The summed E-state index contributed by atoms with van der Waals surface area (Å²) in [6, 6.07) is 16.3. The van der Waals surface area contributed by atoms with Crippen molar-refractivity contribution in [2.75, 3.05) is 0 Å². The van der Waals surface area contributed by atoms with Crippen LogP contribution in [-0.4, -0.2) is 26.9 Å². The number of carbonyl (C=O) groups is 1. The molecule has 0 bridgehead atoms. The molecule has 2 aromatic carbocycles. The van der Waals surface area contributed by atoms with E-state index in [0.29, 0.717) is 17.8 Å². The van der Waals surface area contributed by atoms with Crippen molar-refractivity contribution < 1.29 is 9.90 Å². The molecule has 0 radical (unpaired) electrons. The summed E-state index contributed by atoms with van der Waals surface area (Å²) < 4.78 is 0. The average Bonchev–Trinajstić information content (AvgIpc) is 3.14. The van der Waals surface area contributed by atoms with Crippen molar-refractivity contribution in [3.05, 3.63) is 71.4 Å². The van der Waals surface area contributed by atoms with Crippen LogP contribution in [0.25, 0.3) is 11.3 Å². The van der Waals surface area contributed by atoms with E-state index >= 15 is 0 Å². The highest BCUT2D eigenvalue weighted by molar-refractivity contribution is 6.02. The number of aromatic nitrogens is 2. The van der Waals surface area contributed by atoms with Crippen LogP contribution in [0.5, 0.6) is 5.75 Å². The zero-order valence-corrected chi connectivity index (χ0v) is 14.7. The second kappa shape index (κ2) is 7.65. The van der Waals surface area contributed by atoms with Crippen molar-refractivity contribution in [3.63, 3.8) is 0 Å². The molecular weight excluding hydrogens is 328 g/mol. The summed E-state index contributed by atoms with van der Waals surface area (Å²) in [5.74, 6) is -0.171. The summed E-state index contributed by atoms with van der Waals surface area (Å²) in [6.45, 7) is 3.97. The fraction of sp³-hybridized carbons (Fsp3) is 0.150. The minimum atomic E-state index is -0.361. The van der Waals surface area contributed by atoms with E-state index in [9.17, 15) is 9.90 Å². The number of phenolic OH excluding ortho intramolecular Hbond substituents is 1. The van der Waals surface area contributed by atoms with Gasteiger partial charge in [-0.2, -0.15) is 10.2 Å². The number of phenols is 1. The van der Waals surface area contributed by atoms with Gasteiger partial charge in [-0.15, -0.1) is 0 Å². The molecule has 6 nitrogen and oxygen atoms in total. The fourth-order valence-corrected chi connectivity index (χ4v) is 2.49. The lowest BCUT2D eigenvalue weighted by molar-refractivity contribution is 0.0950. The molecule has 1 heterocycles. The number of nitrogens with zero attached hydrogens (tertiary/aromatic N) is 2. The van der Waals surface area contributed by atoms with Gasteiger partial charge in [-0.25, -0.2) is 5.43 Å². The number of hydrazone groups is 1. The molecule has 3 rings (SSSR count). The number of aryl methyl sites for hydroxylation is 1. The number of aromatic amines is 1. The lowest BCUT2D eigenvalue weighted by atomic mass is 10.1. The maximum Gasteiger partial charge on any atom is 0.289 e. The molecule has 3 N–H and O–H groups in total. The predicted octanol–water partition coefficient (Wildman–Crippen LogP) is 3.63. The van der Waals surface area contributed by atoms with Gasteiger partial charge >= 0.3 is 0 Å². The molecule has 6 heteroatoms. The SMILES string of the molecule is CCC(=NNC(=O)c1cc(-c2ccc(C)cc2)n[nH]1)c1ccc(O)cc1. The number of amides is 1. The van der Waals surface area contributed by atoms with E-state index in [1.807, 2.05) is 38.1 Å². The van der Waals surface area contributed by atoms with Gasteiger partial charge in [0.2, 0.25) is 0 Å². The first-order valence-corrected chi connectivity index (χ1v) is 8.35. The number of hydrogen-bond acceptors (Lipinski definition) is 4. The quantitative estimate of drug-likeness (QED) is 0.486. The number of nitrogens with one attached hydrogen (secondary N) is 2. The maximum atomic E-state index is 12.3. The van der Waals surface area contributed by atoms with Crippen LogP contribution in [0, 0.1) is 6.92 Å². The van der Waals surface area contributed by atoms with Gasteiger partial charge in [-0.05, 0) is 49.2 Å². The van der Waals surface area contributed by atoms with Crippen LogP contribution in [0.2, 0.25) is 0 Å². The van der Waals surface area contributed by atoms with Crippen molar-refractivity contribution in [3.8, 4) is 17.0 Å². The fourth-order valence-electron chi connectivity index (χ4n) is 2.49. The van der Waals surface area contributed by atoms with E-state index in [2.05, 4.69) is 20.7 Å². The molecule has 26 heavy (non-hydrogen) atoms. The Morgan fingerprint density at radius 3 is 2.50 bits per heavy atom. The second-order valence-corrected chi connectivity index (χ2v) is 5.93. The maximum absolute atomic E-state index is 12.3. The lowest BCUT2D eigenvalue weighted by Gasteiger charge is -2.04. The summed E-state index contributed by atoms with van der Waals surface area (Å²) in [4.78, 5) is 12.3. The van der Waals surface area contributed by atoms with E-state index in [1.165, 1.54) is 0 Å². The van der Waals surface area contributed by atoms with Gasteiger partial charge in [-0.1, -0.05) is 36.8 Å². The van der Waals surface area contributed by atoms with Crippen molar-refractivity contribution in [1.82, 2.24) is 15.6 Å². The monoisotopic (exact) mass is 348 g/mol. The third kappa shape index (κ3) is 3.97. The van der Waals surface area contributed by atoms with Crippen LogP contribution in [0.4, 0.5) is 0 Å². The molecule has 3 aromatic rings. The summed E-state index contributed by atoms with van der Waals surface area (Å²) in [7, 11) is 0. The minimum absolute atomic E-state index is 0.189. The third-order valence-electron chi connectivity index (χ3n) is 4.00. The van der Waals surface area contributed by atoms with Crippen LogP contribution in [-0.2, 0) is 0 Å². The second-order valence-electron chi connectivity index (χ2n) is 5.93. The van der Waals surface area contributed by atoms with Gasteiger partial charge in [0.15, 0.2) is 0 Å². The molecule has 0 saturated heterocycles. The van der Waals surface area contributed by atoms with E-state index in [-0.39, 0.29) is 11.7 Å². The van der Waals surface area contributed by atoms with Crippen LogP contribution in [0.1, 0.15) is 35.0 Å². The Morgan fingerprint density at radius 1 is 1.15 bits per heavy atom. The highest BCUT2D eigenvalue weighted by Gasteiger charge is 2.11. The Hall–Kier alpha value is -3.41. The molecule has 132 valence electrons. The number of aromatic hydroxyl groups is 1. The Morgan fingerprint density at radius 2 is 1.85 bits per heavy atom. The van der Waals surface area contributed by atoms with Crippen LogP contribution < -0.4 is 5.43 Å². The summed E-state index contributed by atoms with van der Waals surface area (Å²) in [5, 5.41) is 20.5. The van der Waals surface area contributed by atoms with Gasteiger partial charge in [-0.3, -0.25) is 9.89 Å². The van der Waals surface area contributed by atoms with Gasteiger partial charge in [0, 0.05) is 5.56 Å². The van der Waals surface area contributed by atoms with Gasteiger partial charge in [0.05, 0.1) is 11.4 Å². The number of rotatable bonds is 5. The molecule has 0 atom stereocenters. The van der Waals surface area contributed by atoms with E-state index in [1.54, 1.807) is 30.3 Å². The highest BCUT2D eigenvalue weighted by Crippen LogP contribution is 2.18. The first kappa shape index (κ1) is 17.4. The summed E-state index contributed by atoms with van der Waals surface area (Å²) >= 11 is 0. The molecule has 1 aromatic heterocycles. The van der Waals surface area contributed by atoms with E-state index in [0.717, 1.165) is 22.4 Å². The Kier molecular flexibility index (Phi) is 5.12. The molecule has 0 fully saturated rings. The number of hydrogen-bond donors (Lipinski definition) is 3. The average molecular weight is 348 g/mol. The first-order chi connectivity index (χ1) is 12.6. The Balaban J connectivity index is 1.73. The van der Waals surface area contributed by atoms with Crippen molar-refractivity contribution in [2.45, 2.75) is 20.3 Å². The normalized spacial score (nSPS) is 11.4. The molecular formula is C20H20N4O2. The molecule has 0 aliphatic carbocycles. The Labute approximate surface area is 151 Å². The van der Waals surface area contributed by atoms with E-state index in [4.69, 9.17) is 0 Å². The lowest BCUT2D eigenvalue weighted by Crippen LogP contribution is -2.20. The predicted molar refractivity (Wildman–Crippen MR) is 101 cm³/mol. The number of benzene rings is 2. The smallest absolute Gasteiger partial charge is 0.289 e. The van der Waals surface area contributed by atoms with Gasteiger partial charge < -0.3 is 5.11 Å². The minimum Gasteiger partial charge on any atom is -0.508 e. The largest absolute Gasteiger partial charge is 0.508 e.